The molecular weight excluding hydrogens is 207 g/mol. The summed E-state index contributed by atoms with van der Waals surface area (Å²) < 4.78 is 13.5. The molecule has 1 aromatic carbocycles. The summed E-state index contributed by atoms with van der Waals surface area (Å²) in [5.41, 5.74) is 6.11. The third-order valence-electron chi connectivity index (χ3n) is 2.90. The van der Waals surface area contributed by atoms with E-state index in [0.29, 0.717) is 17.8 Å². The normalized spacial score (nSPS) is 12.1. The van der Waals surface area contributed by atoms with Crippen molar-refractivity contribution in [3.05, 3.63) is 29.6 Å². The van der Waals surface area contributed by atoms with Crippen molar-refractivity contribution < 1.29 is 9.50 Å². The standard InChI is InChI=1S/C12H19FN2O/c1-12(2,8-16)15(3)7-9-4-5-10(14)6-11(9)13/h4-6,16H,7-8,14H2,1-3H3. The summed E-state index contributed by atoms with van der Waals surface area (Å²) in [6.45, 7) is 4.28. The fourth-order valence-corrected chi connectivity index (χ4v) is 1.28. The van der Waals surface area contributed by atoms with Gasteiger partial charge in [0.15, 0.2) is 0 Å². The number of nitrogens with two attached hydrogens (primary N) is 1. The molecule has 1 rings (SSSR count). The van der Waals surface area contributed by atoms with Crippen LogP contribution in [0.4, 0.5) is 10.1 Å². The van der Waals surface area contributed by atoms with Crippen molar-refractivity contribution in [2.75, 3.05) is 19.4 Å². The Morgan fingerprint density at radius 2 is 2.06 bits per heavy atom. The number of rotatable bonds is 4. The maximum absolute atomic E-state index is 13.5. The first kappa shape index (κ1) is 12.9. The van der Waals surface area contributed by atoms with Crippen LogP contribution in [0, 0.1) is 5.82 Å². The number of nitrogens with zero attached hydrogens (tertiary/aromatic N) is 1. The highest BCUT2D eigenvalue weighted by Gasteiger charge is 2.23. The topological polar surface area (TPSA) is 49.5 Å². The molecule has 0 aliphatic heterocycles. The number of nitrogen functional groups attached to an aromatic ring is 1. The molecule has 4 heteroatoms. The first-order chi connectivity index (χ1) is 7.36. The number of likely N-dealkylation sites (N-methyl/N-ethyl adjacent to an activating group) is 1. The first-order valence-electron chi connectivity index (χ1n) is 5.23. The predicted molar refractivity (Wildman–Crippen MR) is 63.4 cm³/mol. The molecule has 0 aliphatic rings. The molecule has 0 aromatic heterocycles. The number of hydrogen-bond acceptors (Lipinski definition) is 3. The molecule has 16 heavy (non-hydrogen) atoms. The van der Waals surface area contributed by atoms with Gasteiger partial charge >= 0.3 is 0 Å². The van der Waals surface area contributed by atoms with Crippen molar-refractivity contribution in [2.45, 2.75) is 25.9 Å². The van der Waals surface area contributed by atoms with Crippen molar-refractivity contribution in [2.24, 2.45) is 0 Å². The third-order valence-corrected chi connectivity index (χ3v) is 2.90. The van der Waals surface area contributed by atoms with Crippen molar-refractivity contribution >= 4 is 5.69 Å². The average Bonchev–Trinajstić information content (AvgIpc) is 2.22. The average molecular weight is 226 g/mol. The van der Waals surface area contributed by atoms with Crippen LogP contribution in [0.1, 0.15) is 19.4 Å². The molecule has 0 aliphatic carbocycles. The zero-order chi connectivity index (χ0) is 12.3. The van der Waals surface area contributed by atoms with Gasteiger partial charge in [0.25, 0.3) is 0 Å². The Balaban J connectivity index is 2.81. The van der Waals surface area contributed by atoms with E-state index in [1.807, 2.05) is 25.8 Å². The Labute approximate surface area is 95.7 Å². The second-order valence-electron chi connectivity index (χ2n) is 4.68. The van der Waals surface area contributed by atoms with E-state index in [4.69, 9.17) is 5.73 Å². The monoisotopic (exact) mass is 226 g/mol. The maximum atomic E-state index is 13.5. The van der Waals surface area contributed by atoms with Crippen LogP contribution in [-0.4, -0.2) is 29.2 Å². The van der Waals surface area contributed by atoms with Gasteiger partial charge < -0.3 is 10.8 Å². The molecular formula is C12H19FN2O. The summed E-state index contributed by atoms with van der Waals surface area (Å²) in [7, 11) is 1.85. The number of aliphatic hydroxyl groups is 1. The largest absolute Gasteiger partial charge is 0.399 e. The Morgan fingerprint density at radius 1 is 1.44 bits per heavy atom. The van der Waals surface area contributed by atoms with E-state index >= 15 is 0 Å². The molecule has 0 fully saturated rings. The summed E-state index contributed by atoms with van der Waals surface area (Å²) in [4.78, 5) is 1.90. The number of anilines is 1. The molecule has 0 atom stereocenters. The smallest absolute Gasteiger partial charge is 0.129 e. The highest BCUT2D eigenvalue weighted by Crippen LogP contribution is 2.18. The summed E-state index contributed by atoms with van der Waals surface area (Å²) in [6, 6.07) is 4.67. The molecule has 3 nitrogen and oxygen atoms in total. The van der Waals surface area contributed by atoms with E-state index in [9.17, 15) is 9.50 Å². The molecule has 90 valence electrons. The van der Waals surface area contributed by atoms with E-state index < -0.39 is 0 Å². The molecule has 0 spiro atoms. The second kappa shape index (κ2) is 4.80. The zero-order valence-electron chi connectivity index (χ0n) is 10.00. The lowest BCUT2D eigenvalue weighted by Crippen LogP contribution is -2.43. The molecule has 0 saturated carbocycles. The molecule has 1 aromatic rings. The molecule has 0 heterocycles. The number of halogens is 1. The summed E-state index contributed by atoms with van der Waals surface area (Å²) in [5, 5.41) is 9.20. The molecule has 3 N–H and O–H groups in total. The third kappa shape index (κ3) is 2.93. The lowest BCUT2D eigenvalue weighted by Gasteiger charge is -2.33. The summed E-state index contributed by atoms with van der Waals surface area (Å²) in [6.07, 6.45) is 0. The molecule has 0 radical (unpaired) electrons. The molecule has 0 amide bonds. The van der Waals surface area contributed by atoms with Gasteiger partial charge in [0, 0.05) is 23.3 Å². The summed E-state index contributed by atoms with van der Waals surface area (Å²) >= 11 is 0. The van der Waals surface area contributed by atoms with Crippen LogP contribution in [0.5, 0.6) is 0 Å². The van der Waals surface area contributed by atoms with E-state index in [1.165, 1.54) is 6.07 Å². The van der Waals surface area contributed by atoms with Gasteiger partial charge in [-0.1, -0.05) is 6.07 Å². The second-order valence-corrected chi connectivity index (χ2v) is 4.68. The highest BCUT2D eigenvalue weighted by molar-refractivity contribution is 5.40. The van der Waals surface area contributed by atoms with Gasteiger partial charge in [-0.05, 0) is 33.0 Å². The molecule has 0 bridgehead atoms. The first-order valence-corrected chi connectivity index (χ1v) is 5.23. The Hall–Kier alpha value is -1.13. The number of aliphatic hydroxyl groups excluding tert-OH is 1. The molecule has 0 saturated heterocycles. The van der Waals surface area contributed by atoms with Crippen LogP contribution in [0.3, 0.4) is 0 Å². The molecule has 0 unspecified atom stereocenters. The predicted octanol–water partition coefficient (Wildman–Crippen LogP) is 1.61. The Morgan fingerprint density at radius 3 is 2.56 bits per heavy atom. The number of benzene rings is 1. The van der Waals surface area contributed by atoms with E-state index in [2.05, 4.69) is 0 Å². The van der Waals surface area contributed by atoms with E-state index in [1.54, 1.807) is 12.1 Å². The van der Waals surface area contributed by atoms with Gasteiger partial charge in [0.1, 0.15) is 5.82 Å². The SMILES string of the molecule is CN(Cc1ccc(N)cc1F)C(C)(C)CO. The van der Waals surface area contributed by atoms with Gasteiger partial charge in [-0.15, -0.1) is 0 Å². The van der Waals surface area contributed by atoms with E-state index in [0.717, 1.165) is 0 Å². The fourth-order valence-electron chi connectivity index (χ4n) is 1.28. The van der Waals surface area contributed by atoms with Crippen molar-refractivity contribution in [3.63, 3.8) is 0 Å². The Bertz CT molecular complexity index is 366. The van der Waals surface area contributed by atoms with Gasteiger partial charge in [-0.3, -0.25) is 4.90 Å². The van der Waals surface area contributed by atoms with Crippen molar-refractivity contribution in [1.82, 2.24) is 4.90 Å². The lowest BCUT2D eigenvalue weighted by atomic mass is 10.0. The van der Waals surface area contributed by atoms with Gasteiger partial charge in [-0.25, -0.2) is 4.39 Å². The quantitative estimate of drug-likeness (QED) is 0.767. The van der Waals surface area contributed by atoms with Crippen LogP contribution in [0.2, 0.25) is 0 Å². The van der Waals surface area contributed by atoms with E-state index in [-0.39, 0.29) is 18.0 Å². The highest BCUT2D eigenvalue weighted by atomic mass is 19.1. The van der Waals surface area contributed by atoms with Crippen LogP contribution in [-0.2, 0) is 6.54 Å². The van der Waals surface area contributed by atoms with Gasteiger partial charge in [-0.2, -0.15) is 0 Å². The van der Waals surface area contributed by atoms with Crippen molar-refractivity contribution in [3.8, 4) is 0 Å². The minimum atomic E-state index is -0.367. The maximum Gasteiger partial charge on any atom is 0.129 e. The van der Waals surface area contributed by atoms with Crippen LogP contribution < -0.4 is 5.73 Å². The van der Waals surface area contributed by atoms with Gasteiger partial charge in [0.05, 0.1) is 6.61 Å². The Kier molecular flexibility index (Phi) is 3.88. The fraction of sp³-hybridized carbons (Fsp3) is 0.500. The van der Waals surface area contributed by atoms with Crippen LogP contribution >= 0.6 is 0 Å². The zero-order valence-corrected chi connectivity index (χ0v) is 10.00. The minimum Gasteiger partial charge on any atom is -0.399 e. The minimum absolute atomic E-state index is 0.0279. The summed E-state index contributed by atoms with van der Waals surface area (Å²) in [5.74, 6) is -0.305. The van der Waals surface area contributed by atoms with Crippen LogP contribution in [0.25, 0.3) is 0 Å². The lowest BCUT2D eigenvalue weighted by molar-refractivity contribution is 0.0726. The number of hydrogen-bond donors (Lipinski definition) is 2. The van der Waals surface area contributed by atoms with Crippen LogP contribution in [0.15, 0.2) is 18.2 Å². The van der Waals surface area contributed by atoms with Crippen molar-refractivity contribution in [1.29, 1.82) is 0 Å². The van der Waals surface area contributed by atoms with Gasteiger partial charge in [0.2, 0.25) is 0 Å².